The van der Waals surface area contributed by atoms with Crippen LogP contribution in [0, 0.1) is 0 Å². The van der Waals surface area contributed by atoms with Crippen molar-refractivity contribution in [2.45, 2.75) is 37.6 Å². The Morgan fingerprint density at radius 2 is 1.79 bits per heavy atom. The molecule has 1 fully saturated rings. The van der Waals surface area contributed by atoms with E-state index >= 15 is 0 Å². The maximum atomic E-state index is 12.6. The summed E-state index contributed by atoms with van der Waals surface area (Å²) in [5.41, 5.74) is 0. The summed E-state index contributed by atoms with van der Waals surface area (Å²) in [5, 5.41) is 10.4. The molecule has 0 aromatic rings. The SMILES string of the molecule is O=C(O)C(=O)NC1CCC(F)(F)CC1. The van der Waals surface area contributed by atoms with Crippen LogP contribution in [0.5, 0.6) is 0 Å². The summed E-state index contributed by atoms with van der Waals surface area (Å²) in [6.45, 7) is 0. The van der Waals surface area contributed by atoms with Crippen LogP contribution in [0.15, 0.2) is 0 Å². The van der Waals surface area contributed by atoms with Gasteiger partial charge in [0.2, 0.25) is 5.92 Å². The highest BCUT2D eigenvalue weighted by molar-refractivity contribution is 6.31. The van der Waals surface area contributed by atoms with Crippen LogP contribution in [-0.2, 0) is 9.59 Å². The molecule has 2 N–H and O–H groups in total. The summed E-state index contributed by atoms with van der Waals surface area (Å²) in [4.78, 5) is 20.8. The van der Waals surface area contributed by atoms with Crippen LogP contribution in [-0.4, -0.2) is 28.9 Å². The van der Waals surface area contributed by atoms with Gasteiger partial charge in [0, 0.05) is 18.9 Å². The third-order valence-electron chi connectivity index (χ3n) is 2.25. The number of carboxylic acids is 1. The number of halogens is 2. The molecule has 1 amide bonds. The van der Waals surface area contributed by atoms with Gasteiger partial charge in [0.05, 0.1) is 0 Å². The minimum atomic E-state index is -2.66. The quantitative estimate of drug-likeness (QED) is 0.624. The molecular formula is C8H11F2NO3. The molecule has 0 aromatic heterocycles. The molecule has 1 aliphatic carbocycles. The van der Waals surface area contributed by atoms with E-state index in [9.17, 15) is 18.4 Å². The van der Waals surface area contributed by atoms with Gasteiger partial charge in [-0.15, -0.1) is 0 Å². The second kappa shape index (κ2) is 3.89. The molecule has 80 valence electrons. The number of carboxylic acid groups (broad SMARTS) is 1. The number of alkyl halides is 2. The Morgan fingerprint density at radius 3 is 2.21 bits per heavy atom. The lowest BCUT2D eigenvalue weighted by molar-refractivity contribution is -0.150. The van der Waals surface area contributed by atoms with Crippen LogP contribution in [0.2, 0.25) is 0 Å². The minimum absolute atomic E-state index is 0.131. The number of aliphatic carboxylic acids is 1. The lowest BCUT2D eigenvalue weighted by atomic mass is 9.92. The van der Waals surface area contributed by atoms with Crippen LogP contribution >= 0.6 is 0 Å². The van der Waals surface area contributed by atoms with E-state index in [4.69, 9.17) is 5.11 Å². The van der Waals surface area contributed by atoms with Crippen LogP contribution in [0.1, 0.15) is 25.7 Å². The third-order valence-corrected chi connectivity index (χ3v) is 2.25. The first-order valence-corrected chi connectivity index (χ1v) is 4.32. The molecule has 0 radical (unpaired) electrons. The third kappa shape index (κ3) is 2.93. The first-order chi connectivity index (χ1) is 6.41. The number of carbonyl (C=O) groups excluding carboxylic acids is 1. The molecule has 0 unspecified atom stereocenters. The van der Waals surface area contributed by atoms with Crippen molar-refractivity contribution in [1.82, 2.24) is 5.32 Å². The number of hydrogen-bond acceptors (Lipinski definition) is 2. The van der Waals surface area contributed by atoms with Crippen molar-refractivity contribution in [3.05, 3.63) is 0 Å². The Hall–Kier alpha value is -1.20. The maximum absolute atomic E-state index is 12.6. The molecule has 0 spiro atoms. The van der Waals surface area contributed by atoms with Crippen LogP contribution in [0.4, 0.5) is 8.78 Å². The summed E-state index contributed by atoms with van der Waals surface area (Å²) >= 11 is 0. The summed E-state index contributed by atoms with van der Waals surface area (Å²) in [7, 11) is 0. The second-order valence-corrected chi connectivity index (χ2v) is 3.41. The first-order valence-electron chi connectivity index (χ1n) is 4.32. The number of rotatable bonds is 1. The fourth-order valence-electron chi connectivity index (χ4n) is 1.43. The van der Waals surface area contributed by atoms with E-state index in [0.717, 1.165) is 0 Å². The molecule has 1 rings (SSSR count). The van der Waals surface area contributed by atoms with Gasteiger partial charge in [-0.1, -0.05) is 0 Å². The zero-order valence-corrected chi connectivity index (χ0v) is 7.43. The molecule has 0 saturated heterocycles. The van der Waals surface area contributed by atoms with E-state index in [2.05, 4.69) is 5.32 Å². The zero-order chi connectivity index (χ0) is 10.8. The average Bonchev–Trinajstić information content (AvgIpc) is 2.08. The standard InChI is InChI=1S/C8H11F2NO3/c9-8(10)3-1-5(2-4-8)11-6(12)7(13)14/h5H,1-4H2,(H,11,12)(H,13,14). The molecule has 0 aliphatic heterocycles. The molecule has 0 heterocycles. The Kier molecular flexibility index (Phi) is 3.03. The van der Waals surface area contributed by atoms with Crippen molar-refractivity contribution in [3.63, 3.8) is 0 Å². The molecule has 1 saturated carbocycles. The lowest BCUT2D eigenvalue weighted by Gasteiger charge is -2.28. The average molecular weight is 207 g/mol. The van der Waals surface area contributed by atoms with Gasteiger partial charge in [-0.25, -0.2) is 13.6 Å². The molecular weight excluding hydrogens is 196 g/mol. The minimum Gasteiger partial charge on any atom is -0.474 e. The van der Waals surface area contributed by atoms with E-state index in [-0.39, 0.29) is 25.7 Å². The predicted octanol–water partition coefficient (Wildman–Crippen LogP) is 0.765. The fourth-order valence-corrected chi connectivity index (χ4v) is 1.43. The molecule has 14 heavy (non-hydrogen) atoms. The summed E-state index contributed by atoms with van der Waals surface area (Å²) in [5.74, 6) is -5.37. The van der Waals surface area contributed by atoms with E-state index in [1.165, 1.54) is 0 Å². The fraction of sp³-hybridized carbons (Fsp3) is 0.750. The molecule has 0 bridgehead atoms. The van der Waals surface area contributed by atoms with E-state index < -0.39 is 23.8 Å². The highest BCUT2D eigenvalue weighted by Gasteiger charge is 2.35. The molecule has 0 atom stereocenters. The smallest absolute Gasteiger partial charge is 0.394 e. The van der Waals surface area contributed by atoms with Gasteiger partial charge in [0.15, 0.2) is 0 Å². The van der Waals surface area contributed by atoms with E-state index in [1.54, 1.807) is 0 Å². The van der Waals surface area contributed by atoms with Gasteiger partial charge in [0.1, 0.15) is 0 Å². The topological polar surface area (TPSA) is 66.4 Å². The van der Waals surface area contributed by atoms with Gasteiger partial charge < -0.3 is 10.4 Å². The van der Waals surface area contributed by atoms with Crippen molar-refractivity contribution in [2.24, 2.45) is 0 Å². The largest absolute Gasteiger partial charge is 0.474 e. The van der Waals surface area contributed by atoms with Gasteiger partial charge in [-0.3, -0.25) is 4.79 Å². The van der Waals surface area contributed by atoms with Crippen molar-refractivity contribution in [2.75, 3.05) is 0 Å². The second-order valence-electron chi connectivity index (χ2n) is 3.41. The monoisotopic (exact) mass is 207 g/mol. The number of amides is 1. The van der Waals surface area contributed by atoms with Gasteiger partial charge in [-0.05, 0) is 12.8 Å². The van der Waals surface area contributed by atoms with Gasteiger partial charge in [0.25, 0.3) is 0 Å². The molecule has 6 heteroatoms. The predicted molar refractivity (Wildman–Crippen MR) is 43.0 cm³/mol. The Morgan fingerprint density at radius 1 is 1.29 bits per heavy atom. The Labute approximate surface area is 79.3 Å². The maximum Gasteiger partial charge on any atom is 0.394 e. The van der Waals surface area contributed by atoms with Gasteiger partial charge >= 0.3 is 11.9 Å². The van der Waals surface area contributed by atoms with Crippen LogP contribution in [0.3, 0.4) is 0 Å². The number of hydrogen-bond donors (Lipinski definition) is 2. The Bertz CT molecular complexity index is 245. The highest BCUT2D eigenvalue weighted by atomic mass is 19.3. The summed E-state index contributed by atoms with van der Waals surface area (Å²) in [6, 6.07) is -0.432. The summed E-state index contributed by atoms with van der Waals surface area (Å²) < 4.78 is 25.3. The first kappa shape index (κ1) is 10.9. The van der Waals surface area contributed by atoms with Gasteiger partial charge in [-0.2, -0.15) is 0 Å². The lowest BCUT2D eigenvalue weighted by Crippen LogP contribution is -2.43. The van der Waals surface area contributed by atoms with E-state index in [0.29, 0.717) is 0 Å². The van der Waals surface area contributed by atoms with Crippen molar-refractivity contribution in [3.8, 4) is 0 Å². The van der Waals surface area contributed by atoms with E-state index in [1.807, 2.05) is 0 Å². The Balaban J connectivity index is 2.36. The highest BCUT2D eigenvalue weighted by Crippen LogP contribution is 2.32. The van der Waals surface area contributed by atoms with Crippen molar-refractivity contribution in [1.29, 1.82) is 0 Å². The summed E-state index contributed by atoms with van der Waals surface area (Å²) in [6.07, 6.45) is -0.326. The van der Waals surface area contributed by atoms with Crippen molar-refractivity contribution < 1.29 is 23.5 Å². The molecule has 0 aromatic carbocycles. The normalized spacial score (nSPS) is 21.6. The number of carbonyl (C=O) groups is 2. The number of nitrogens with one attached hydrogen (secondary N) is 1. The molecule has 1 aliphatic rings. The van der Waals surface area contributed by atoms with Crippen LogP contribution in [0.25, 0.3) is 0 Å². The van der Waals surface area contributed by atoms with Crippen molar-refractivity contribution >= 4 is 11.9 Å². The molecule has 4 nitrogen and oxygen atoms in total. The van der Waals surface area contributed by atoms with Crippen LogP contribution < -0.4 is 5.32 Å². The zero-order valence-electron chi connectivity index (χ0n) is 7.43.